The molecule has 1 heterocycles. The molecule has 0 saturated heterocycles. The minimum absolute atomic E-state index is 0.105. The van der Waals surface area contributed by atoms with Crippen LogP contribution < -0.4 is 10.1 Å². The molecule has 1 saturated carbocycles. The number of aryl methyl sites for hydroxylation is 1. The first kappa shape index (κ1) is 17.3. The van der Waals surface area contributed by atoms with Crippen molar-refractivity contribution in [1.82, 2.24) is 10.3 Å². The van der Waals surface area contributed by atoms with E-state index in [4.69, 9.17) is 4.74 Å². The lowest BCUT2D eigenvalue weighted by Gasteiger charge is -2.20. The standard InChI is InChI=1S/C19H26N2O2/c1-16-9-11-18(15-21-16)23-14-6-5-13-20-19(22)12-10-17-7-3-2-4-8-17/h9,11,15,17H,2-4,7-8,10,12-14H2,1H3,(H,20,22). The maximum atomic E-state index is 11.8. The summed E-state index contributed by atoms with van der Waals surface area (Å²) in [6.45, 7) is 2.63. The first-order chi connectivity index (χ1) is 11.2. The molecule has 1 aromatic heterocycles. The van der Waals surface area contributed by atoms with Crippen LogP contribution in [0.1, 0.15) is 50.6 Å². The summed E-state index contributed by atoms with van der Waals surface area (Å²) in [5.41, 5.74) is 0.958. The summed E-state index contributed by atoms with van der Waals surface area (Å²) < 4.78 is 5.45. The van der Waals surface area contributed by atoms with Crippen LogP contribution in [-0.2, 0) is 4.79 Å². The molecular weight excluding hydrogens is 288 g/mol. The minimum Gasteiger partial charge on any atom is -0.479 e. The van der Waals surface area contributed by atoms with Crippen molar-refractivity contribution in [3.8, 4) is 17.6 Å². The second-order valence-electron chi connectivity index (χ2n) is 6.10. The zero-order chi connectivity index (χ0) is 16.3. The molecule has 1 amide bonds. The number of nitrogens with one attached hydrogen (secondary N) is 1. The van der Waals surface area contributed by atoms with Crippen molar-refractivity contribution in [2.45, 2.75) is 51.9 Å². The fourth-order valence-electron chi connectivity index (χ4n) is 2.81. The number of pyridine rings is 1. The van der Waals surface area contributed by atoms with Crippen molar-refractivity contribution in [2.24, 2.45) is 5.92 Å². The van der Waals surface area contributed by atoms with Gasteiger partial charge in [0.05, 0.1) is 12.7 Å². The van der Waals surface area contributed by atoms with Crippen molar-refractivity contribution in [2.75, 3.05) is 13.2 Å². The van der Waals surface area contributed by atoms with Gasteiger partial charge in [0.1, 0.15) is 12.4 Å². The van der Waals surface area contributed by atoms with Gasteiger partial charge in [-0.25, -0.2) is 0 Å². The van der Waals surface area contributed by atoms with Crippen LogP contribution in [0, 0.1) is 24.7 Å². The normalized spacial score (nSPS) is 14.7. The van der Waals surface area contributed by atoms with Crippen LogP contribution in [0.3, 0.4) is 0 Å². The Morgan fingerprint density at radius 2 is 2.13 bits per heavy atom. The van der Waals surface area contributed by atoms with Gasteiger partial charge in [0.25, 0.3) is 0 Å². The highest BCUT2D eigenvalue weighted by molar-refractivity contribution is 5.76. The maximum Gasteiger partial charge on any atom is 0.220 e. The highest BCUT2D eigenvalue weighted by Crippen LogP contribution is 2.27. The van der Waals surface area contributed by atoms with E-state index in [-0.39, 0.29) is 5.91 Å². The van der Waals surface area contributed by atoms with Crippen LogP contribution >= 0.6 is 0 Å². The third-order valence-corrected chi connectivity index (χ3v) is 4.20. The molecule has 23 heavy (non-hydrogen) atoms. The molecule has 4 nitrogen and oxygen atoms in total. The highest BCUT2D eigenvalue weighted by Gasteiger charge is 2.14. The van der Waals surface area contributed by atoms with E-state index in [2.05, 4.69) is 22.1 Å². The van der Waals surface area contributed by atoms with Gasteiger partial charge in [-0.1, -0.05) is 43.9 Å². The monoisotopic (exact) mass is 314 g/mol. The first-order valence-corrected chi connectivity index (χ1v) is 8.52. The van der Waals surface area contributed by atoms with Crippen LogP contribution in [0.2, 0.25) is 0 Å². The Bertz CT molecular complexity index is 537. The van der Waals surface area contributed by atoms with E-state index in [1.807, 2.05) is 19.1 Å². The topological polar surface area (TPSA) is 51.2 Å². The van der Waals surface area contributed by atoms with E-state index in [0.29, 0.717) is 25.3 Å². The van der Waals surface area contributed by atoms with Crippen molar-refractivity contribution in [3.05, 3.63) is 24.0 Å². The summed E-state index contributed by atoms with van der Waals surface area (Å²) in [6, 6.07) is 3.77. The Morgan fingerprint density at radius 3 is 2.87 bits per heavy atom. The average Bonchev–Trinajstić information content (AvgIpc) is 2.58. The second kappa shape index (κ2) is 9.89. The lowest BCUT2D eigenvalue weighted by Crippen LogP contribution is -2.24. The van der Waals surface area contributed by atoms with Gasteiger partial charge in [0.15, 0.2) is 0 Å². The Morgan fingerprint density at radius 1 is 1.30 bits per heavy atom. The number of hydrogen-bond acceptors (Lipinski definition) is 3. The van der Waals surface area contributed by atoms with Gasteiger partial charge in [-0.2, -0.15) is 0 Å². The number of rotatable bonds is 6. The number of carbonyl (C=O) groups excluding carboxylic acids is 1. The lowest BCUT2D eigenvalue weighted by molar-refractivity contribution is -0.121. The van der Waals surface area contributed by atoms with Gasteiger partial charge in [-0.05, 0) is 31.4 Å². The van der Waals surface area contributed by atoms with Crippen LogP contribution in [0.15, 0.2) is 18.3 Å². The van der Waals surface area contributed by atoms with Gasteiger partial charge < -0.3 is 10.1 Å². The van der Waals surface area contributed by atoms with E-state index in [9.17, 15) is 4.79 Å². The van der Waals surface area contributed by atoms with E-state index >= 15 is 0 Å². The second-order valence-corrected chi connectivity index (χ2v) is 6.10. The molecule has 0 atom stereocenters. The summed E-state index contributed by atoms with van der Waals surface area (Å²) in [5.74, 6) is 7.37. The summed E-state index contributed by atoms with van der Waals surface area (Å²) in [7, 11) is 0. The number of ether oxygens (including phenoxy) is 1. The fraction of sp³-hybridized carbons (Fsp3) is 0.579. The molecule has 1 aromatic rings. The smallest absolute Gasteiger partial charge is 0.220 e. The van der Waals surface area contributed by atoms with Crippen molar-refractivity contribution in [1.29, 1.82) is 0 Å². The average molecular weight is 314 g/mol. The molecule has 1 aliphatic rings. The molecule has 1 aliphatic carbocycles. The number of aromatic nitrogens is 1. The van der Waals surface area contributed by atoms with Gasteiger partial charge in [0.2, 0.25) is 5.91 Å². The lowest BCUT2D eigenvalue weighted by atomic mass is 9.86. The predicted molar refractivity (Wildman–Crippen MR) is 91.1 cm³/mol. The SMILES string of the molecule is Cc1ccc(OCC#CCNC(=O)CCC2CCCCC2)cn1. The Kier molecular flexibility index (Phi) is 7.45. The van der Waals surface area contributed by atoms with Crippen LogP contribution in [0.25, 0.3) is 0 Å². The van der Waals surface area contributed by atoms with Gasteiger partial charge >= 0.3 is 0 Å². The Balaban J connectivity index is 1.54. The maximum absolute atomic E-state index is 11.8. The number of carbonyl (C=O) groups is 1. The van der Waals surface area contributed by atoms with Crippen LogP contribution in [0.5, 0.6) is 5.75 Å². The van der Waals surface area contributed by atoms with Crippen molar-refractivity contribution in [3.63, 3.8) is 0 Å². The molecule has 0 unspecified atom stereocenters. The van der Waals surface area contributed by atoms with E-state index in [1.54, 1.807) is 6.20 Å². The number of hydrogen-bond donors (Lipinski definition) is 1. The van der Waals surface area contributed by atoms with E-state index in [0.717, 1.165) is 18.0 Å². The van der Waals surface area contributed by atoms with Gasteiger partial charge in [-0.3, -0.25) is 9.78 Å². The molecule has 0 aromatic carbocycles. The molecule has 2 rings (SSSR count). The molecule has 0 bridgehead atoms. The predicted octanol–water partition coefficient (Wildman–Crippen LogP) is 3.25. The summed E-state index contributed by atoms with van der Waals surface area (Å²) in [5, 5.41) is 2.85. The zero-order valence-electron chi connectivity index (χ0n) is 13.9. The summed E-state index contributed by atoms with van der Waals surface area (Å²) in [4.78, 5) is 15.9. The quantitative estimate of drug-likeness (QED) is 0.820. The van der Waals surface area contributed by atoms with Crippen molar-refractivity contribution < 1.29 is 9.53 Å². The summed E-state index contributed by atoms with van der Waals surface area (Å²) in [6.07, 6.45) is 9.92. The van der Waals surface area contributed by atoms with Crippen LogP contribution in [-0.4, -0.2) is 24.0 Å². The number of amides is 1. The van der Waals surface area contributed by atoms with E-state index < -0.39 is 0 Å². The molecule has 124 valence electrons. The fourth-order valence-corrected chi connectivity index (χ4v) is 2.81. The highest BCUT2D eigenvalue weighted by atomic mass is 16.5. The molecule has 0 spiro atoms. The molecule has 0 aliphatic heterocycles. The van der Waals surface area contributed by atoms with E-state index in [1.165, 1.54) is 32.1 Å². The molecule has 1 fully saturated rings. The van der Waals surface area contributed by atoms with Gasteiger partial charge in [0, 0.05) is 12.1 Å². The first-order valence-electron chi connectivity index (χ1n) is 8.52. The number of nitrogens with zero attached hydrogens (tertiary/aromatic N) is 1. The third kappa shape index (κ3) is 7.19. The third-order valence-electron chi connectivity index (χ3n) is 4.20. The summed E-state index contributed by atoms with van der Waals surface area (Å²) >= 11 is 0. The molecule has 1 N–H and O–H groups in total. The zero-order valence-corrected chi connectivity index (χ0v) is 13.9. The Labute approximate surface area is 139 Å². The van der Waals surface area contributed by atoms with Gasteiger partial charge in [-0.15, -0.1) is 0 Å². The minimum atomic E-state index is 0.105. The van der Waals surface area contributed by atoms with Crippen molar-refractivity contribution >= 4 is 5.91 Å². The molecule has 4 heteroatoms. The molecular formula is C19H26N2O2. The molecule has 0 radical (unpaired) electrons. The largest absolute Gasteiger partial charge is 0.479 e. The van der Waals surface area contributed by atoms with Crippen LogP contribution in [0.4, 0.5) is 0 Å². The Hall–Kier alpha value is -2.02.